The molecule has 0 saturated carbocycles. The van der Waals surface area contributed by atoms with Gasteiger partial charge in [-0.3, -0.25) is 4.79 Å². The van der Waals surface area contributed by atoms with Crippen LogP contribution in [0.25, 0.3) is 0 Å². The summed E-state index contributed by atoms with van der Waals surface area (Å²) in [5, 5.41) is 0. The second-order valence-corrected chi connectivity index (χ2v) is 5.65. The minimum Gasteiger partial charge on any atom is -0.339 e. The first-order valence-corrected chi connectivity index (χ1v) is 6.89. The monoisotopic (exact) mass is 353 g/mol. The molecule has 2 rings (SSSR count). The summed E-state index contributed by atoms with van der Waals surface area (Å²) in [6, 6.07) is 4.02. The van der Waals surface area contributed by atoms with Gasteiger partial charge in [0, 0.05) is 17.6 Å². The zero-order valence-corrected chi connectivity index (χ0v) is 12.0. The molecule has 1 aliphatic rings. The fourth-order valence-electron chi connectivity index (χ4n) is 2.24. The van der Waals surface area contributed by atoms with E-state index in [0.29, 0.717) is 4.47 Å². The number of hydrogen-bond donors (Lipinski definition) is 0. The first-order chi connectivity index (χ1) is 9.29. The molecule has 1 aromatic rings. The van der Waals surface area contributed by atoms with Gasteiger partial charge in [0.05, 0.1) is 11.5 Å². The average Bonchev–Trinajstić information content (AvgIpc) is 2.37. The number of piperidine rings is 1. The number of hydrogen-bond acceptors (Lipinski definition) is 1. The Morgan fingerprint density at radius 2 is 1.85 bits per heavy atom. The Labute approximate surface area is 121 Å². The minimum absolute atomic E-state index is 0.00147. The number of nitrogens with zero attached hydrogens (tertiary/aromatic N) is 1. The molecule has 20 heavy (non-hydrogen) atoms. The lowest BCUT2D eigenvalue weighted by atomic mass is 9.96. The van der Waals surface area contributed by atoms with Crippen LogP contribution in [0.1, 0.15) is 23.2 Å². The van der Waals surface area contributed by atoms with Crippen LogP contribution in [0.15, 0.2) is 22.7 Å². The molecule has 0 radical (unpaired) electrons. The van der Waals surface area contributed by atoms with Crippen molar-refractivity contribution in [3.05, 3.63) is 34.1 Å². The number of halogens is 5. The van der Waals surface area contributed by atoms with Gasteiger partial charge in [0.25, 0.3) is 5.91 Å². The summed E-state index contributed by atoms with van der Waals surface area (Å²) in [6.07, 6.45) is -4.49. The minimum atomic E-state index is -4.22. The number of amides is 1. The van der Waals surface area contributed by atoms with Gasteiger partial charge in [0.2, 0.25) is 0 Å². The van der Waals surface area contributed by atoms with Crippen LogP contribution in [0.2, 0.25) is 0 Å². The predicted molar refractivity (Wildman–Crippen MR) is 68.8 cm³/mol. The molecule has 0 aliphatic carbocycles. The number of carbonyl (C=O) groups excluding carboxylic acids is 1. The molecule has 0 bridgehead atoms. The van der Waals surface area contributed by atoms with Gasteiger partial charge in [0.1, 0.15) is 5.82 Å². The Hall–Kier alpha value is -1.11. The molecule has 1 fully saturated rings. The summed E-state index contributed by atoms with van der Waals surface area (Å²) in [6.45, 7) is -0.00295. The average molecular weight is 354 g/mol. The zero-order chi connectivity index (χ0) is 14.9. The first-order valence-electron chi connectivity index (χ1n) is 6.10. The van der Waals surface area contributed by atoms with Crippen molar-refractivity contribution in [1.82, 2.24) is 4.90 Å². The number of benzene rings is 1. The van der Waals surface area contributed by atoms with Gasteiger partial charge in [-0.1, -0.05) is 15.9 Å². The van der Waals surface area contributed by atoms with Gasteiger partial charge in [0.15, 0.2) is 0 Å². The first kappa shape index (κ1) is 15.3. The van der Waals surface area contributed by atoms with Crippen LogP contribution in [0.4, 0.5) is 17.6 Å². The van der Waals surface area contributed by atoms with Crippen LogP contribution < -0.4 is 0 Å². The van der Waals surface area contributed by atoms with Crippen molar-refractivity contribution in [2.24, 2.45) is 5.92 Å². The fourth-order valence-corrected chi connectivity index (χ4v) is 2.58. The summed E-state index contributed by atoms with van der Waals surface area (Å²) in [5.41, 5.74) is -0.112. The molecule has 110 valence electrons. The van der Waals surface area contributed by atoms with Gasteiger partial charge in [-0.05, 0) is 31.0 Å². The van der Waals surface area contributed by atoms with E-state index in [1.807, 2.05) is 0 Å². The number of carbonyl (C=O) groups is 1. The van der Waals surface area contributed by atoms with Crippen LogP contribution in [0.3, 0.4) is 0 Å². The van der Waals surface area contributed by atoms with Gasteiger partial charge in [-0.15, -0.1) is 0 Å². The Morgan fingerprint density at radius 3 is 2.35 bits per heavy atom. The van der Waals surface area contributed by atoms with E-state index < -0.39 is 23.8 Å². The third kappa shape index (κ3) is 3.31. The molecule has 1 aliphatic heterocycles. The highest BCUT2D eigenvalue weighted by Crippen LogP contribution is 2.34. The molecular weight excluding hydrogens is 342 g/mol. The summed E-state index contributed by atoms with van der Waals surface area (Å²) in [5.74, 6) is -2.61. The van der Waals surface area contributed by atoms with E-state index in [0.717, 1.165) is 6.07 Å². The highest BCUT2D eigenvalue weighted by molar-refractivity contribution is 9.10. The molecule has 0 N–H and O–H groups in total. The third-order valence-corrected chi connectivity index (χ3v) is 3.90. The highest BCUT2D eigenvalue weighted by Gasteiger charge is 2.41. The maximum absolute atomic E-state index is 13.7. The Morgan fingerprint density at radius 1 is 1.25 bits per heavy atom. The Kier molecular flexibility index (Phi) is 4.36. The summed E-state index contributed by atoms with van der Waals surface area (Å²) >= 11 is 3.08. The summed E-state index contributed by atoms with van der Waals surface area (Å²) in [4.78, 5) is 13.3. The lowest BCUT2D eigenvalue weighted by Crippen LogP contribution is -2.42. The Balaban J connectivity index is 2.05. The molecule has 1 saturated heterocycles. The van der Waals surface area contributed by atoms with Crippen molar-refractivity contribution in [3.63, 3.8) is 0 Å². The van der Waals surface area contributed by atoms with Crippen LogP contribution in [0.5, 0.6) is 0 Å². The van der Waals surface area contributed by atoms with E-state index in [4.69, 9.17) is 0 Å². The predicted octanol–water partition coefficient (Wildman–Crippen LogP) is 4.00. The maximum atomic E-state index is 13.7. The van der Waals surface area contributed by atoms with E-state index in [-0.39, 0.29) is 31.5 Å². The molecule has 0 aromatic heterocycles. The second kappa shape index (κ2) is 5.71. The van der Waals surface area contributed by atoms with Gasteiger partial charge >= 0.3 is 6.18 Å². The molecule has 1 heterocycles. The van der Waals surface area contributed by atoms with Crippen molar-refractivity contribution in [3.8, 4) is 0 Å². The van der Waals surface area contributed by atoms with Crippen molar-refractivity contribution in [2.45, 2.75) is 19.0 Å². The highest BCUT2D eigenvalue weighted by atomic mass is 79.9. The topological polar surface area (TPSA) is 20.3 Å². The van der Waals surface area contributed by atoms with E-state index >= 15 is 0 Å². The normalized spacial score (nSPS) is 17.4. The molecule has 2 nitrogen and oxygen atoms in total. The van der Waals surface area contributed by atoms with E-state index in [1.165, 1.54) is 17.0 Å². The largest absolute Gasteiger partial charge is 0.391 e. The number of likely N-dealkylation sites (tertiary alicyclic amines) is 1. The lowest BCUT2D eigenvalue weighted by molar-refractivity contribution is -0.183. The van der Waals surface area contributed by atoms with Crippen LogP contribution >= 0.6 is 15.9 Å². The van der Waals surface area contributed by atoms with E-state index in [1.54, 1.807) is 0 Å². The molecule has 1 aromatic carbocycles. The summed E-state index contributed by atoms with van der Waals surface area (Å²) < 4.78 is 51.8. The standard InChI is InChI=1S/C13H12BrF4NO/c14-9-1-2-10(11(15)7-9)12(20)19-5-3-8(4-6-19)13(16,17)18/h1-2,7-8H,3-6H2. The van der Waals surface area contributed by atoms with Gasteiger partial charge < -0.3 is 4.90 Å². The Bertz CT molecular complexity index is 510. The number of rotatable bonds is 1. The summed E-state index contributed by atoms with van der Waals surface area (Å²) in [7, 11) is 0. The van der Waals surface area contributed by atoms with Crippen molar-refractivity contribution in [2.75, 3.05) is 13.1 Å². The van der Waals surface area contributed by atoms with E-state index in [9.17, 15) is 22.4 Å². The second-order valence-electron chi connectivity index (χ2n) is 4.73. The van der Waals surface area contributed by atoms with E-state index in [2.05, 4.69) is 15.9 Å². The molecule has 1 amide bonds. The van der Waals surface area contributed by atoms with Crippen molar-refractivity contribution in [1.29, 1.82) is 0 Å². The molecule has 7 heteroatoms. The molecule has 0 spiro atoms. The SMILES string of the molecule is O=C(c1ccc(Br)cc1F)N1CCC(C(F)(F)F)CC1. The lowest BCUT2D eigenvalue weighted by Gasteiger charge is -2.33. The molecular formula is C13H12BrF4NO. The quantitative estimate of drug-likeness (QED) is 0.698. The number of alkyl halides is 3. The van der Waals surface area contributed by atoms with Gasteiger partial charge in [-0.2, -0.15) is 13.2 Å². The van der Waals surface area contributed by atoms with Gasteiger partial charge in [-0.25, -0.2) is 4.39 Å². The van der Waals surface area contributed by atoms with Crippen LogP contribution in [-0.2, 0) is 0 Å². The third-order valence-electron chi connectivity index (χ3n) is 3.41. The smallest absolute Gasteiger partial charge is 0.339 e. The molecule has 0 atom stereocenters. The van der Waals surface area contributed by atoms with Crippen molar-refractivity contribution >= 4 is 21.8 Å². The molecule has 0 unspecified atom stereocenters. The van der Waals surface area contributed by atoms with Crippen LogP contribution in [0, 0.1) is 11.7 Å². The maximum Gasteiger partial charge on any atom is 0.391 e. The van der Waals surface area contributed by atoms with Crippen molar-refractivity contribution < 1.29 is 22.4 Å². The fraction of sp³-hybridized carbons (Fsp3) is 0.462. The van der Waals surface area contributed by atoms with Crippen LogP contribution in [-0.4, -0.2) is 30.1 Å². The zero-order valence-electron chi connectivity index (χ0n) is 10.4.